The molecule has 0 bridgehead atoms. The molecule has 0 radical (unpaired) electrons. The zero-order chi connectivity index (χ0) is 14.9. The zero-order valence-electron chi connectivity index (χ0n) is 12.4. The summed E-state index contributed by atoms with van der Waals surface area (Å²) >= 11 is 0. The number of likely N-dealkylation sites (tertiary alicyclic amines) is 1. The molecular formula is C19H19NO2. The number of hydrogen-bond acceptors (Lipinski definition) is 3. The fraction of sp³-hybridized carbons (Fsp3) is 0.316. The molecule has 2 aliphatic heterocycles. The molecule has 3 nitrogen and oxygen atoms in total. The van der Waals surface area contributed by atoms with Gasteiger partial charge in [-0.25, -0.2) is 0 Å². The van der Waals surface area contributed by atoms with Gasteiger partial charge in [0.05, 0.1) is 6.42 Å². The number of hydrogen-bond donors (Lipinski definition) is 0. The first-order chi connectivity index (χ1) is 10.8. The summed E-state index contributed by atoms with van der Waals surface area (Å²) in [5.41, 5.74) is 2.58. The van der Waals surface area contributed by atoms with Crippen LogP contribution in [-0.4, -0.2) is 23.5 Å². The third-order valence-electron chi connectivity index (χ3n) is 4.75. The van der Waals surface area contributed by atoms with E-state index in [1.54, 1.807) is 0 Å². The normalized spacial score (nSPS) is 27.6. The van der Waals surface area contributed by atoms with Gasteiger partial charge in [-0.15, -0.1) is 0 Å². The number of fused-ring (bicyclic) bond motifs is 1. The van der Waals surface area contributed by atoms with Crippen LogP contribution >= 0.6 is 0 Å². The molecule has 2 aromatic rings. The molecule has 2 aromatic carbocycles. The van der Waals surface area contributed by atoms with Gasteiger partial charge in [-0.05, 0) is 11.1 Å². The molecule has 22 heavy (non-hydrogen) atoms. The lowest BCUT2D eigenvalue weighted by Gasteiger charge is -2.27. The van der Waals surface area contributed by atoms with Crippen LogP contribution < -0.4 is 0 Å². The van der Waals surface area contributed by atoms with Gasteiger partial charge in [0, 0.05) is 25.0 Å². The van der Waals surface area contributed by atoms with Crippen molar-refractivity contribution in [3.8, 4) is 0 Å². The van der Waals surface area contributed by atoms with Gasteiger partial charge in [-0.2, -0.15) is 0 Å². The highest BCUT2D eigenvalue weighted by atomic mass is 16.6. The topological polar surface area (TPSA) is 29.5 Å². The predicted molar refractivity (Wildman–Crippen MR) is 84.0 cm³/mol. The van der Waals surface area contributed by atoms with E-state index in [4.69, 9.17) is 4.74 Å². The average Bonchev–Trinajstić information content (AvgIpc) is 3.04. The lowest BCUT2D eigenvalue weighted by atomic mass is 9.91. The molecule has 3 atom stereocenters. The van der Waals surface area contributed by atoms with Gasteiger partial charge < -0.3 is 4.74 Å². The summed E-state index contributed by atoms with van der Waals surface area (Å²) in [4.78, 5) is 14.1. The Morgan fingerprint density at radius 2 is 1.68 bits per heavy atom. The molecule has 3 heteroatoms. The van der Waals surface area contributed by atoms with Gasteiger partial charge in [0.15, 0.2) is 0 Å². The van der Waals surface area contributed by atoms with E-state index in [2.05, 4.69) is 53.4 Å². The second-order valence-electron chi connectivity index (χ2n) is 6.17. The minimum atomic E-state index is -0.0460. The maximum atomic E-state index is 11.7. The second-order valence-corrected chi connectivity index (χ2v) is 6.17. The first-order valence-corrected chi connectivity index (χ1v) is 7.83. The molecule has 2 saturated heterocycles. The van der Waals surface area contributed by atoms with Crippen molar-refractivity contribution < 1.29 is 9.53 Å². The van der Waals surface area contributed by atoms with Crippen molar-refractivity contribution in [2.24, 2.45) is 5.92 Å². The molecule has 0 saturated carbocycles. The second kappa shape index (κ2) is 5.58. The number of rotatable bonds is 3. The maximum Gasteiger partial charge on any atom is 0.306 e. The number of benzene rings is 2. The van der Waals surface area contributed by atoms with Crippen molar-refractivity contribution in [1.29, 1.82) is 0 Å². The van der Waals surface area contributed by atoms with E-state index in [9.17, 15) is 4.79 Å². The number of carbonyl (C=O) groups is 1. The van der Waals surface area contributed by atoms with Crippen LogP contribution in [0.5, 0.6) is 0 Å². The lowest BCUT2D eigenvalue weighted by molar-refractivity contribution is -0.141. The number of carbonyl (C=O) groups excluding carboxylic acids is 1. The van der Waals surface area contributed by atoms with E-state index in [0.29, 0.717) is 6.42 Å². The van der Waals surface area contributed by atoms with E-state index in [0.717, 1.165) is 13.1 Å². The quantitative estimate of drug-likeness (QED) is 0.814. The predicted octanol–water partition coefficient (Wildman–Crippen LogP) is 3.18. The largest absolute Gasteiger partial charge is 0.461 e. The fourth-order valence-corrected chi connectivity index (χ4v) is 3.82. The Hall–Kier alpha value is -2.13. The first-order valence-electron chi connectivity index (χ1n) is 7.83. The number of esters is 1. The van der Waals surface area contributed by atoms with E-state index >= 15 is 0 Å². The summed E-state index contributed by atoms with van der Waals surface area (Å²) in [6, 6.07) is 21.3. The van der Waals surface area contributed by atoms with Gasteiger partial charge in [-0.3, -0.25) is 9.69 Å². The number of ether oxygens (including phenoxy) is 1. The summed E-state index contributed by atoms with van der Waals surface area (Å²) in [7, 11) is 0. The summed E-state index contributed by atoms with van der Waals surface area (Å²) in [5.74, 6) is 0.230. The molecule has 0 aromatic heterocycles. The van der Waals surface area contributed by atoms with E-state index < -0.39 is 0 Å². The van der Waals surface area contributed by atoms with Crippen molar-refractivity contribution in [1.82, 2.24) is 4.90 Å². The summed E-state index contributed by atoms with van der Waals surface area (Å²) in [5, 5.41) is 0. The van der Waals surface area contributed by atoms with Crippen molar-refractivity contribution >= 4 is 5.97 Å². The lowest BCUT2D eigenvalue weighted by Crippen LogP contribution is -2.26. The molecular weight excluding hydrogens is 274 g/mol. The first kappa shape index (κ1) is 13.5. The fourth-order valence-electron chi connectivity index (χ4n) is 3.82. The molecule has 2 fully saturated rings. The Morgan fingerprint density at radius 1 is 1.00 bits per heavy atom. The van der Waals surface area contributed by atoms with Gasteiger partial charge in [0.1, 0.15) is 6.10 Å². The maximum absolute atomic E-state index is 11.7. The van der Waals surface area contributed by atoms with Gasteiger partial charge in [-0.1, -0.05) is 60.7 Å². The number of nitrogens with zero attached hydrogens (tertiary/aromatic N) is 1. The molecule has 0 aliphatic carbocycles. The molecule has 0 N–H and O–H groups in total. The zero-order valence-corrected chi connectivity index (χ0v) is 12.4. The third-order valence-corrected chi connectivity index (χ3v) is 4.75. The summed E-state index contributed by atoms with van der Waals surface area (Å²) in [6.07, 6.45) is 0.580. The van der Waals surface area contributed by atoms with Crippen LogP contribution in [0.4, 0.5) is 0 Å². The van der Waals surface area contributed by atoms with Crippen molar-refractivity contribution in [2.45, 2.75) is 25.1 Å². The smallest absolute Gasteiger partial charge is 0.306 e. The molecule has 0 spiro atoms. The molecule has 2 aliphatic rings. The van der Waals surface area contributed by atoms with Gasteiger partial charge in [0.2, 0.25) is 0 Å². The molecule has 2 heterocycles. The van der Waals surface area contributed by atoms with Crippen molar-refractivity contribution in [2.75, 3.05) is 6.54 Å². The highest BCUT2D eigenvalue weighted by Crippen LogP contribution is 2.44. The molecule has 0 unspecified atom stereocenters. The van der Waals surface area contributed by atoms with Crippen molar-refractivity contribution in [3.63, 3.8) is 0 Å². The van der Waals surface area contributed by atoms with E-state index in [-0.39, 0.29) is 24.0 Å². The van der Waals surface area contributed by atoms with Crippen LogP contribution in [0.15, 0.2) is 60.7 Å². The molecule has 112 valence electrons. The summed E-state index contributed by atoms with van der Waals surface area (Å²) in [6.45, 7) is 1.72. The highest BCUT2D eigenvalue weighted by molar-refractivity contribution is 5.72. The summed E-state index contributed by atoms with van der Waals surface area (Å²) < 4.78 is 5.52. The van der Waals surface area contributed by atoms with Crippen molar-refractivity contribution in [3.05, 3.63) is 71.8 Å². The van der Waals surface area contributed by atoms with E-state index in [1.807, 2.05) is 12.1 Å². The Balaban J connectivity index is 1.64. The standard InChI is InChI=1S/C19H19NO2/c21-18-11-16-17(22-18)13-20(12-14-7-3-1-4-8-14)19(16)15-9-5-2-6-10-15/h1-10,16-17,19H,11-13H2/t16-,17-,19+/m0/s1. The van der Waals surface area contributed by atoms with Gasteiger partial charge in [0.25, 0.3) is 0 Å². The van der Waals surface area contributed by atoms with Crippen LogP contribution in [0.1, 0.15) is 23.6 Å². The van der Waals surface area contributed by atoms with Crippen LogP contribution in [-0.2, 0) is 16.1 Å². The Labute approximate surface area is 130 Å². The highest BCUT2D eigenvalue weighted by Gasteiger charge is 2.49. The Morgan fingerprint density at radius 3 is 2.41 bits per heavy atom. The van der Waals surface area contributed by atoms with Crippen LogP contribution in [0, 0.1) is 5.92 Å². The third kappa shape index (κ3) is 2.42. The molecule has 0 amide bonds. The Kier molecular flexibility index (Phi) is 3.43. The Bertz CT molecular complexity index is 656. The SMILES string of the molecule is O=C1C[C@H]2[C@H](CN(Cc3ccccc3)[C@@H]2c2ccccc2)O1. The average molecular weight is 293 g/mol. The monoisotopic (exact) mass is 293 g/mol. The van der Waals surface area contributed by atoms with Crippen LogP contribution in [0.2, 0.25) is 0 Å². The van der Waals surface area contributed by atoms with Crippen LogP contribution in [0.25, 0.3) is 0 Å². The van der Waals surface area contributed by atoms with E-state index in [1.165, 1.54) is 11.1 Å². The van der Waals surface area contributed by atoms with Gasteiger partial charge >= 0.3 is 5.97 Å². The molecule has 4 rings (SSSR count). The van der Waals surface area contributed by atoms with Crippen LogP contribution in [0.3, 0.4) is 0 Å². The minimum Gasteiger partial charge on any atom is -0.461 e. The minimum absolute atomic E-state index is 0.0430.